The predicted octanol–water partition coefficient (Wildman–Crippen LogP) is 3.14. The van der Waals surface area contributed by atoms with E-state index < -0.39 is 29.6 Å². The van der Waals surface area contributed by atoms with E-state index in [1.54, 1.807) is 0 Å². The second-order valence-electron chi connectivity index (χ2n) is 2.26. The van der Waals surface area contributed by atoms with Gasteiger partial charge in [-0.3, -0.25) is 0 Å². The van der Waals surface area contributed by atoms with Crippen LogP contribution >= 0.6 is 0 Å². The Bertz CT molecular complexity index is 234. The van der Waals surface area contributed by atoms with Crippen LogP contribution in [0, 0.1) is 52.5 Å². The molecule has 5 heteroatoms. The van der Waals surface area contributed by atoms with Crippen molar-refractivity contribution in [3.8, 4) is 0 Å². The van der Waals surface area contributed by atoms with E-state index in [-0.39, 0.29) is 46.5 Å². The first kappa shape index (κ1) is 12.4. The van der Waals surface area contributed by atoms with Crippen LogP contribution in [0.25, 0.3) is 0 Å². The summed E-state index contributed by atoms with van der Waals surface area (Å²) in [5.41, 5.74) is 0. The van der Waals surface area contributed by atoms with Gasteiger partial charge >= 0.3 is 0 Å². The zero-order valence-electron chi connectivity index (χ0n) is 6.07. The maximum atomic E-state index is 12.4. The van der Waals surface area contributed by atoms with E-state index in [0.717, 1.165) is 6.92 Å². The first-order valence-corrected chi connectivity index (χ1v) is 2.99. The number of rotatable bonds is 0. The molecule has 0 fully saturated rings. The Morgan fingerprint density at radius 2 is 1.83 bits per heavy atom. The summed E-state index contributed by atoms with van der Waals surface area (Å²) >= 11 is 0. The average Bonchev–Trinajstić information content (AvgIpc) is 1.97. The minimum atomic E-state index is -1.43. The zero-order valence-corrected chi connectivity index (χ0v) is 8.69. The summed E-state index contributed by atoms with van der Waals surface area (Å²) in [6, 6.07) is 0. The largest absolute Gasteiger partial charge is 0.321 e. The minimum absolute atomic E-state index is 0. The Morgan fingerprint density at radius 3 is 2.33 bits per heavy atom. The standard InChI is InChI=1S/C7H5F4.Sm/c1-3-6(10)4(8)2-5(9)7(3)11;/h2-3H,1H3;/q-1;. The fraction of sp³-hybridized carbons (Fsp3) is 0.286. The summed E-state index contributed by atoms with van der Waals surface area (Å²) in [6.45, 7) is 1.05. The van der Waals surface area contributed by atoms with Gasteiger partial charge in [-0.15, -0.1) is 6.08 Å². The normalized spacial score (nSPS) is 23.6. The Balaban J connectivity index is 0.00000121. The molecule has 0 spiro atoms. The second kappa shape index (κ2) is 4.59. The Morgan fingerprint density at radius 1 is 1.33 bits per heavy atom. The number of halogens is 4. The number of hydrogen-bond acceptors (Lipinski definition) is 0. The molecule has 1 rings (SSSR count). The smallest absolute Gasteiger partial charge is 0.110 e. The van der Waals surface area contributed by atoms with Crippen molar-refractivity contribution in [3.63, 3.8) is 0 Å². The van der Waals surface area contributed by atoms with E-state index in [1.165, 1.54) is 0 Å². The third-order valence-corrected chi connectivity index (χ3v) is 1.47. The van der Waals surface area contributed by atoms with Gasteiger partial charge in [-0.05, 0) is 17.9 Å². The molecule has 0 N–H and O–H groups in total. The van der Waals surface area contributed by atoms with Crippen molar-refractivity contribution in [1.29, 1.82) is 0 Å². The molecule has 0 aromatic carbocycles. The molecule has 0 amide bonds. The summed E-state index contributed by atoms with van der Waals surface area (Å²) < 4.78 is 49.4. The molecular formula is C7H5F4Sm-. The molecule has 1 atom stereocenters. The number of hydrogen-bond donors (Lipinski definition) is 0. The molecule has 68 valence electrons. The molecule has 0 saturated carbocycles. The summed E-state index contributed by atoms with van der Waals surface area (Å²) in [6.07, 6.45) is -1.06. The first-order valence-electron chi connectivity index (χ1n) is 2.99. The fourth-order valence-electron chi connectivity index (χ4n) is 0.774. The Kier molecular flexibility index (Phi) is 4.75. The van der Waals surface area contributed by atoms with Crippen molar-refractivity contribution >= 4 is 0 Å². The van der Waals surface area contributed by atoms with E-state index in [4.69, 9.17) is 0 Å². The van der Waals surface area contributed by atoms with E-state index in [9.17, 15) is 17.6 Å². The third-order valence-electron chi connectivity index (χ3n) is 1.47. The molecule has 0 saturated heterocycles. The average molecular weight is 315 g/mol. The van der Waals surface area contributed by atoms with Crippen LogP contribution in [0.3, 0.4) is 0 Å². The van der Waals surface area contributed by atoms with E-state index >= 15 is 0 Å². The van der Waals surface area contributed by atoms with Gasteiger partial charge in [0.05, 0.1) is 5.83 Å². The Labute approximate surface area is 99.8 Å². The minimum Gasteiger partial charge on any atom is -0.321 e. The summed E-state index contributed by atoms with van der Waals surface area (Å²) in [5.74, 6) is -5.36. The SMILES string of the molecule is CC1C(F)=C(F)C=C(F)[C-]1F.[Sm]. The van der Waals surface area contributed by atoms with Gasteiger partial charge in [0.1, 0.15) is 5.83 Å². The molecule has 0 aromatic rings. The van der Waals surface area contributed by atoms with Crippen molar-refractivity contribution in [3.05, 3.63) is 29.7 Å². The molecule has 0 heterocycles. The van der Waals surface area contributed by atoms with Gasteiger partial charge in [0, 0.05) is 40.4 Å². The Hall–Kier alpha value is 0.408. The number of allylic oxidation sites excluding steroid dienone is 4. The van der Waals surface area contributed by atoms with Crippen LogP contribution < -0.4 is 0 Å². The van der Waals surface area contributed by atoms with Crippen LogP contribution in [-0.2, 0) is 0 Å². The second-order valence-corrected chi connectivity index (χ2v) is 2.26. The maximum Gasteiger partial charge on any atom is 0.110 e. The van der Waals surface area contributed by atoms with Crippen molar-refractivity contribution in [1.82, 2.24) is 0 Å². The van der Waals surface area contributed by atoms with Gasteiger partial charge in [-0.25, -0.2) is 13.2 Å². The quantitative estimate of drug-likeness (QED) is 0.476. The van der Waals surface area contributed by atoms with E-state index in [2.05, 4.69) is 0 Å². The van der Waals surface area contributed by atoms with Gasteiger partial charge in [0.15, 0.2) is 0 Å². The zero-order chi connectivity index (χ0) is 8.59. The van der Waals surface area contributed by atoms with Crippen molar-refractivity contribution in [2.75, 3.05) is 0 Å². The van der Waals surface area contributed by atoms with E-state index in [1.807, 2.05) is 0 Å². The summed E-state index contributed by atoms with van der Waals surface area (Å²) in [5, 5.41) is 0. The molecular weight excluding hydrogens is 310 g/mol. The fourth-order valence-corrected chi connectivity index (χ4v) is 0.774. The molecule has 0 nitrogen and oxygen atoms in total. The summed E-state index contributed by atoms with van der Waals surface area (Å²) in [4.78, 5) is 0. The summed E-state index contributed by atoms with van der Waals surface area (Å²) in [7, 11) is 0. The van der Waals surface area contributed by atoms with Gasteiger partial charge in [0.25, 0.3) is 0 Å². The molecule has 0 bridgehead atoms. The van der Waals surface area contributed by atoms with Crippen molar-refractivity contribution in [2.24, 2.45) is 5.92 Å². The van der Waals surface area contributed by atoms with Crippen LogP contribution in [0.15, 0.2) is 23.6 Å². The van der Waals surface area contributed by atoms with Gasteiger partial charge < -0.3 is 4.39 Å². The first-order chi connectivity index (χ1) is 5.04. The van der Waals surface area contributed by atoms with E-state index in [0.29, 0.717) is 0 Å². The van der Waals surface area contributed by atoms with Crippen LogP contribution in [0.4, 0.5) is 17.6 Å². The predicted molar refractivity (Wildman–Crippen MR) is 31.9 cm³/mol. The van der Waals surface area contributed by atoms with Crippen LogP contribution in [-0.4, -0.2) is 0 Å². The molecule has 1 aliphatic rings. The molecule has 0 aliphatic heterocycles. The van der Waals surface area contributed by atoms with Crippen molar-refractivity contribution < 1.29 is 58.0 Å². The molecule has 0 radical (unpaired) electrons. The molecule has 0 aromatic heterocycles. The maximum absolute atomic E-state index is 12.4. The molecule has 1 unspecified atom stereocenters. The monoisotopic (exact) mass is 317 g/mol. The van der Waals surface area contributed by atoms with Crippen LogP contribution in [0.2, 0.25) is 0 Å². The third kappa shape index (κ3) is 2.21. The topological polar surface area (TPSA) is 0 Å². The van der Waals surface area contributed by atoms with Crippen LogP contribution in [0.5, 0.6) is 0 Å². The van der Waals surface area contributed by atoms with Crippen molar-refractivity contribution in [2.45, 2.75) is 6.92 Å². The van der Waals surface area contributed by atoms with Gasteiger partial charge in [-0.1, -0.05) is 6.92 Å². The van der Waals surface area contributed by atoms with Gasteiger partial charge in [-0.2, -0.15) is 0 Å². The van der Waals surface area contributed by atoms with Crippen LogP contribution in [0.1, 0.15) is 6.92 Å². The molecule has 1 aliphatic carbocycles. The molecule has 12 heavy (non-hydrogen) atoms. The van der Waals surface area contributed by atoms with Gasteiger partial charge in [0.2, 0.25) is 0 Å².